The van der Waals surface area contributed by atoms with Crippen molar-refractivity contribution in [2.45, 2.75) is 19.0 Å². The van der Waals surface area contributed by atoms with Gasteiger partial charge in [0, 0.05) is 13.0 Å². The van der Waals surface area contributed by atoms with E-state index in [4.69, 9.17) is 4.84 Å². The molecular weight excluding hydrogens is 237 g/mol. The van der Waals surface area contributed by atoms with Gasteiger partial charge in [0.25, 0.3) is 0 Å². The van der Waals surface area contributed by atoms with Crippen LogP contribution >= 0.6 is 0 Å². The zero-order valence-corrected chi connectivity index (χ0v) is 9.96. The van der Waals surface area contributed by atoms with Crippen LogP contribution in [0.1, 0.15) is 12.8 Å². The molecule has 1 aliphatic rings. The molecule has 1 amide bonds. The Kier molecular flexibility index (Phi) is 4.76. The van der Waals surface area contributed by atoms with E-state index >= 15 is 0 Å². The van der Waals surface area contributed by atoms with Crippen LogP contribution in [-0.2, 0) is 9.63 Å². The lowest BCUT2D eigenvalue weighted by atomic mass is 9.96. The van der Waals surface area contributed by atoms with Crippen molar-refractivity contribution in [2.75, 3.05) is 33.8 Å². The monoisotopic (exact) mass is 254 g/mol. The van der Waals surface area contributed by atoms with Crippen LogP contribution in [0.3, 0.4) is 0 Å². The van der Waals surface area contributed by atoms with Gasteiger partial charge in [-0.25, -0.2) is 5.06 Å². The summed E-state index contributed by atoms with van der Waals surface area (Å²) < 4.78 is 36.4. The van der Waals surface area contributed by atoms with Crippen LogP contribution in [-0.4, -0.2) is 55.8 Å². The summed E-state index contributed by atoms with van der Waals surface area (Å²) in [5.74, 6) is -0.399. The van der Waals surface area contributed by atoms with Crippen molar-refractivity contribution in [1.29, 1.82) is 0 Å². The van der Waals surface area contributed by atoms with Gasteiger partial charge in [-0.2, -0.15) is 13.2 Å². The molecule has 0 saturated carbocycles. The fourth-order valence-electron chi connectivity index (χ4n) is 1.94. The summed E-state index contributed by atoms with van der Waals surface area (Å²) >= 11 is 0. The molecule has 1 aliphatic heterocycles. The molecule has 100 valence electrons. The molecule has 0 unspecified atom stereocenters. The first kappa shape index (κ1) is 14.2. The fourth-order valence-corrected chi connectivity index (χ4v) is 1.94. The Balaban J connectivity index is 2.38. The lowest BCUT2D eigenvalue weighted by Gasteiger charge is -2.32. The highest BCUT2D eigenvalue weighted by Gasteiger charge is 2.34. The Morgan fingerprint density at radius 2 is 1.94 bits per heavy atom. The third kappa shape index (κ3) is 4.51. The molecule has 4 nitrogen and oxygen atoms in total. The van der Waals surface area contributed by atoms with Gasteiger partial charge < -0.3 is 0 Å². The third-order valence-corrected chi connectivity index (χ3v) is 2.92. The lowest BCUT2D eigenvalue weighted by Crippen LogP contribution is -2.44. The van der Waals surface area contributed by atoms with E-state index in [-0.39, 0.29) is 11.8 Å². The van der Waals surface area contributed by atoms with Gasteiger partial charge in [0.1, 0.15) is 0 Å². The molecule has 0 radical (unpaired) electrons. The highest BCUT2D eigenvalue weighted by atomic mass is 19.4. The first-order valence-corrected chi connectivity index (χ1v) is 5.44. The first-order valence-electron chi connectivity index (χ1n) is 5.44. The molecular formula is C10H17F3N2O2. The third-order valence-electron chi connectivity index (χ3n) is 2.92. The number of hydrogen-bond acceptors (Lipinski definition) is 3. The van der Waals surface area contributed by atoms with E-state index in [0.29, 0.717) is 25.9 Å². The Labute approximate surface area is 98.3 Å². The van der Waals surface area contributed by atoms with Crippen molar-refractivity contribution in [3.8, 4) is 0 Å². The molecule has 7 heteroatoms. The number of rotatable bonds is 3. The zero-order chi connectivity index (χ0) is 13.1. The average Bonchev–Trinajstić information content (AvgIpc) is 2.26. The predicted octanol–water partition coefficient (Wildman–Crippen LogP) is 1.28. The van der Waals surface area contributed by atoms with Crippen LogP contribution in [0.2, 0.25) is 0 Å². The predicted molar refractivity (Wildman–Crippen MR) is 55.0 cm³/mol. The molecule has 1 heterocycles. The van der Waals surface area contributed by atoms with E-state index in [1.807, 2.05) is 0 Å². The number of hydroxylamine groups is 2. The van der Waals surface area contributed by atoms with E-state index in [1.54, 1.807) is 0 Å². The second kappa shape index (κ2) is 5.68. The van der Waals surface area contributed by atoms with Gasteiger partial charge >= 0.3 is 6.18 Å². The van der Waals surface area contributed by atoms with E-state index in [1.165, 1.54) is 19.1 Å². The molecule has 0 spiro atoms. The molecule has 0 aromatic rings. The molecule has 0 aromatic heterocycles. The van der Waals surface area contributed by atoms with Gasteiger partial charge in [-0.05, 0) is 25.9 Å². The summed E-state index contributed by atoms with van der Waals surface area (Å²) in [6.07, 6.45) is -3.27. The molecule has 17 heavy (non-hydrogen) atoms. The van der Waals surface area contributed by atoms with E-state index in [0.717, 1.165) is 5.06 Å². The van der Waals surface area contributed by atoms with Crippen LogP contribution < -0.4 is 0 Å². The number of halogens is 3. The Morgan fingerprint density at radius 1 is 1.41 bits per heavy atom. The van der Waals surface area contributed by atoms with Gasteiger partial charge in [-0.1, -0.05) is 0 Å². The fraction of sp³-hybridized carbons (Fsp3) is 0.900. The maximum atomic E-state index is 12.1. The van der Waals surface area contributed by atoms with Crippen LogP contribution in [0.15, 0.2) is 0 Å². The van der Waals surface area contributed by atoms with Crippen molar-refractivity contribution in [1.82, 2.24) is 9.96 Å². The summed E-state index contributed by atoms with van der Waals surface area (Å²) in [5, 5.41) is 1.13. The topological polar surface area (TPSA) is 32.8 Å². The summed E-state index contributed by atoms with van der Waals surface area (Å²) in [6, 6.07) is 0. The minimum Gasteiger partial charge on any atom is -0.295 e. The van der Waals surface area contributed by atoms with Crippen LogP contribution in [0.25, 0.3) is 0 Å². The minimum atomic E-state index is -4.17. The summed E-state index contributed by atoms with van der Waals surface area (Å²) in [7, 11) is 2.89. The highest BCUT2D eigenvalue weighted by Crippen LogP contribution is 2.23. The van der Waals surface area contributed by atoms with Crippen molar-refractivity contribution in [2.24, 2.45) is 5.92 Å². The van der Waals surface area contributed by atoms with E-state index in [9.17, 15) is 18.0 Å². The molecule has 1 saturated heterocycles. The second-order valence-corrected chi connectivity index (χ2v) is 4.18. The van der Waals surface area contributed by atoms with Crippen LogP contribution in [0, 0.1) is 5.92 Å². The molecule has 0 aliphatic carbocycles. The maximum Gasteiger partial charge on any atom is 0.401 e. The highest BCUT2D eigenvalue weighted by molar-refractivity contribution is 5.77. The van der Waals surface area contributed by atoms with Crippen LogP contribution in [0.5, 0.6) is 0 Å². The van der Waals surface area contributed by atoms with Crippen molar-refractivity contribution in [3.63, 3.8) is 0 Å². The second-order valence-electron chi connectivity index (χ2n) is 4.18. The quantitative estimate of drug-likeness (QED) is 0.711. The smallest absolute Gasteiger partial charge is 0.295 e. The molecule has 1 fully saturated rings. The Bertz CT molecular complexity index is 263. The maximum absolute atomic E-state index is 12.1. The van der Waals surface area contributed by atoms with Gasteiger partial charge in [0.05, 0.1) is 13.7 Å². The number of alkyl halides is 3. The van der Waals surface area contributed by atoms with E-state index < -0.39 is 12.7 Å². The number of carbonyl (C=O) groups excluding carboxylic acids is 1. The van der Waals surface area contributed by atoms with Crippen molar-refractivity contribution < 1.29 is 22.8 Å². The number of nitrogens with zero attached hydrogens (tertiary/aromatic N) is 2. The summed E-state index contributed by atoms with van der Waals surface area (Å²) in [4.78, 5) is 17.8. The molecule has 0 N–H and O–H groups in total. The number of amides is 1. The normalized spacial score (nSPS) is 19.4. The van der Waals surface area contributed by atoms with Crippen molar-refractivity contribution >= 4 is 5.91 Å². The zero-order valence-electron chi connectivity index (χ0n) is 9.96. The van der Waals surface area contributed by atoms with Gasteiger partial charge in [0.15, 0.2) is 0 Å². The summed E-state index contributed by atoms with van der Waals surface area (Å²) in [5.41, 5.74) is 0. The largest absolute Gasteiger partial charge is 0.401 e. The number of hydrogen-bond donors (Lipinski definition) is 0. The van der Waals surface area contributed by atoms with Gasteiger partial charge in [0.2, 0.25) is 5.91 Å². The van der Waals surface area contributed by atoms with Gasteiger partial charge in [-0.3, -0.25) is 14.5 Å². The van der Waals surface area contributed by atoms with Crippen LogP contribution in [0.4, 0.5) is 13.2 Å². The van der Waals surface area contributed by atoms with Crippen molar-refractivity contribution in [3.05, 3.63) is 0 Å². The molecule has 0 aromatic carbocycles. The first-order chi connectivity index (χ1) is 7.83. The lowest BCUT2D eigenvalue weighted by molar-refractivity contribution is -0.176. The Morgan fingerprint density at radius 3 is 2.35 bits per heavy atom. The number of piperidine rings is 1. The summed E-state index contributed by atoms with van der Waals surface area (Å²) in [6.45, 7) is -0.297. The number of carbonyl (C=O) groups is 1. The SMILES string of the molecule is CON(C)C(=O)C1CCN(CC(F)(F)F)CC1. The van der Waals surface area contributed by atoms with E-state index in [2.05, 4.69) is 0 Å². The molecule has 0 bridgehead atoms. The molecule has 0 atom stereocenters. The Hall–Kier alpha value is -0.820. The molecule has 1 rings (SSSR count). The minimum absolute atomic E-state index is 0.167. The standard InChI is InChI=1S/C10H17F3N2O2/c1-14(17-2)9(16)8-3-5-15(6-4-8)7-10(11,12)13/h8H,3-7H2,1-2H3. The van der Waals surface area contributed by atoms with Gasteiger partial charge in [-0.15, -0.1) is 0 Å². The number of likely N-dealkylation sites (tertiary alicyclic amines) is 1. The average molecular weight is 254 g/mol.